The first kappa shape index (κ1) is 15.5. The Labute approximate surface area is 136 Å². The Morgan fingerprint density at radius 1 is 1.45 bits per heavy atom. The number of aromatic nitrogens is 2. The third-order valence-corrected chi connectivity index (χ3v) is 4.69. The van der Waals surface area contributed by atoms with Crippen molar-refractivity contribution in [1.29, 1.82) is 0 Å². The maximum atomic E-state index is 10.5. The molecule has 4 nitrogen and oxygen atoms in total. The summed E-state index contributed by atoms with van der Waals surface area (Å²) in [5.74, 6) is 0.442. The van der Waals surface area contributed by atoms with E-state index in [9.17, 15) is 5.11 Å². The number of likely N-dealkylation sites (tertiary alicyclic amines) is 1. The normalized spacial score (nSPS) is 21.0. The maximum absolute atomic E-state index is 10.5. The third-order valence-electron chi connectivity index (χ3n) is 4.34. The highest BCUT2D eigenvalue weighted by atomic mass is 35.5. The van der Waals surface area contributed by atoms with Gasteiger partial charge in [-0.05, 0) is 38.4 Å². The predicted molar refractivity (Wildman–Crippen MR) is 88.2 cm³/mol. The van der Waals surface area contributed by atoms with Gasteiger partial charge in [0.25, 0.3) is 0 Å². The number of aromatic amines is 1. The smallest absolute Gasteiger partial charge is 0.0931 e. The number of aliphatic hydroxyl groups excluding tert-OH is 1. The number of hydrogen-bond donors (Lipinski definition) is 2. The van der Waals surface area contributed by atoms with Crippen molar-refractivity contribution >= 4 is 11.6 Å². The number of β-amino-alcohol motifs (C(OH)–C–C–N with tert-alkyl or cyclic N) is 1. The molecule has 5 heteroatoms. The quantitative estimate of drug-likeness (QED) is 0.909. The summed E-state index contributed by atoms with van der Waals surface area (Å²) in [6.45, 7) is 4.59. The van der Waals surface area contributed by atoms with Crippen molar-refractivity contribution in [3.63, 3.8) is 0 Å². The molecule has 1 aliphatic rings. The van der Waals surface area contributed by atoms with Gasteiger partial charge in [-0.25, -0.2) is 0 Å². The summed E-state index contributed by atoms with van der Waals surface area (Å²) >= 11 is 6.17. The minimum Gasteiger partial charge on any atom is -0.387 e. The first-order chi connectivity index (χ1) is 10.6. The van der Waals surface area contributed by atoms with Crippen LogP contribution in [0.3, 0.4) is 0 Å². The van der Waals surface area contributed by atoms with E-state index in [2.05, 4.69) is 21.2 Å². The van der Waals surface area contributed by atoms with Gasteiger partial charge in [-0.3, -0.25) is 10.00 Å². The van der Waals surface area contributed by atoms with Gasteiger partial charge in [0.1, 0.15) is 0 Å². The number of nitrogens with zero attached hydrogens (tertiary/aromatic N) is 2. The number of H-pyrrole nitrogens is 1. The third kappa shape index (κ3) is 3.51. The van der Waals surface area contributed by atoms with E-state index in [-0.39, 0.29) is 0 Å². The molecule has 1 saturated heterocycles. The van der Waals surface area contributed by atoms with Gasteiger partial charge in [0.2, 0.25) is 0 Å². The highest BCUT2D eigenvalue weighted by Gasteiger charge is 2.25. The van der Waals surface area contributed by atoms with Crippen LogP contribution in [0.4, 0.5) is 0 Å². The lowest BCUT2D eigenvalue weighted by Gasteiger charge is -2.33. The van der Waals surface area contributed by atoms with Gasteiger partial charge < -0.3 is 5.11 Å². The second kappa shape index (κ2) is 6.82. The zero-order valence-corrected chi connectivity index (χ0v) is 13.6. The van der Waals surface area contributed by atoms with E-state index in [0.29, 0.717) is 17.5 Å². The van der Waals surface area contributed by atoms with Crippen LogP contribution in [0.2, 0.25) is 5.02 Å². The Morgan fingerprint density at radius 3 is 3.00 bits per heavy atom. The van der Waals surface area contributed by atoms with Crippen LogP contribution in [0.15, 0.2) is 30.3 Å². The summed E-state index contributed by atoms with van der Waals surface area (Å²) < 4.78 is 0. The van der Waals surface area contributed by atoms with Gasteiger partial charge >= 0.3 is 0 Å². The Hall–Kier alpha value is -1.36. The molecule has 3 rings (SSSR count). The fourth-order valence-corrected chi connectivity index (χ4v) is 3.46. The van der Waals surface area contributed by atoms with E-state index in [1.807, 2.05) is 31.2 Å². The molecule has 2 heterocycles. The maximum Gasteiger partial charge on any atom is 0.0931 e. The SMILES string of the molecule is Cc1cc([C@H]2CCCN(C[C@H](O)c3ccccc3Cl)C2)n[nH]1. The van der Waals surface area contributed by atoms with Crippen molar-refractivity contribution < 1.29 is 5.11 Å². The molecule has 0 aliphatic carbocycles. The van der Waals surface area contributed by atoms with E-state index >= 15 is 0 Å². The molecule has 0 bridgehead atoms. The molecule has 22 heavy (non-hydrogen) atoms. The molecule has 2 atom stereocenters. The fraction of sp³-hybridized carbons (Fsp3) is 0.471. The van der Waals surface area contributed by atoms with Crippen molar-refractivity contribution in [2.45, 2.75) is 31.8 Å². The van der Waals surface area contributed by atoms with Gasteiger partial charge in [0, 0.05) is 35.3 Å². The Bertz CT molecular complexity index is 628. The number of piperidine rings is 1. The summed E-state index contributed by atoms with van der Waals surface area (Å²) in [5, 5.41) is 18.5. The first-order valence-corrected chi connectivity index (χ1v) is 8.18. The molecule has 0 unspecified atom stereocenters. The van der Waals surface area contributed by atoms with Crippen LogP contribution >= 0.6 is 11.6 Å². The van der Waals surface area contributed by atoms with Crippen molar-refractivity contribution in [2.24, 2.45) is 0 Å². The second-order valence-electron chi connectivity index (χ2n) is 6.11. The van der Waals surface area contributed by atoms with Gasteiger partial charge in [-0.1, -0.05) is 29.8 Å². The number of aryl methyl sites for hydroxylation is 1. The molecule has 1 aromatic carbocycles. The molecule has 2 N–H and O–H groups in total. The lowest BCUT2D eigenvalue weighted by atomic mass is 9.94. The van der Waals surface area contributed by atoms with Crippen LogP contribution in [0.5, 0.6) is 0 Å². The van der Waals surface area contributed by atoms with Crippen LogP contribution in [-0.2, 0) is 0 Å². The average molecular weight is 320 g/mol. The molecule has 0 spiro atoms. The zero-order chi connectivity index (χ0) is 15.5. The lowest BCUT2D eigenvalue weighted by Crippen LogP contribution is -2.37. The molecular weight excluding hydrogens is 298 g/mol. The Kier molecular flexibility index (Phi) is 4.81. The molecule has 0 radical (unpaired) electrons. The summed E-state index contributed by atoms with van der Waals surface area (Å²) in [6, 6.07) is 9.64. The van der Waals surface area contributed by atoms with Gasteiger partial charge in [0.05, 0.1) is 11.8 Å². The van der Waals surface area contributed by atoms with E-state index < -0.39 is 6.10 Å². The topological polar surface area (TPSA) is 52.1 Å². The Balaban J connectivity index is 1.64. The number of rotatable bonds is 4. The standard InChI is InChI=1S/C17H22ClN3O/c1-12-9-16(20-19-12)13-5-4-8-21(10-13)11-17(22)14-6-2-3-7-15(14)18/h2-3,6-7,9,13,17,22H,4-5,8,10-11H2,1H3,(H,19,20)/t13-,17-/m0/s1. The molecule has 0 amide bonds. The van der Waals surface area contributed by atoms with Gasteiger partial charge in [-0.2, -0.15) is 5.10 Å². The molecule has 118 valence electrons. The van der Waals surface area contributed by atoms with Crippen molar-refractivity contribution in [2.75, 3.05) is 19.6 Å². The van der Waals surface area contributed by atoms with Crippen LogP contribution in [0, 0.1) is 6.92 Å². The first-order valence-electron chi connectivity index (χ1n) is 7.80. The van der Waals surface area contributed by atoms with E-state index in [0.717, 1.165) is 42.9 Å². The minimum absolute atomic E-state index is 0.442. The molecule has 1 fully saturated rings. The van der Waals surface area contributed by atoms with Crippen molar-refractivity contribution in [1.82, 2.24) is 15.1 Å². The number of aliphatic hydroxyl groups is 1. The van der Waals surface area contributed by atoms with Crippen LogP contribution < -0.4 is 0 Å². The van der Waals surface area contributed by atoms with Crippen LogP contribution in [0.1, 0.15) is 41.8 Å². The molecule has 1 aliphatic heterocycles. The largest absolute Gasteiger partial charge is 0.387 e. The second-order valence-corrected chi connectivity index (χ2v) is 6.52. The summed E-state index contributed by atoms with van der Waals surface area (Å²) in [4.78, 5) is 2.31. The molecule has 0 saturated carbocycles. The van der Waals surface area contributed by atoms with Gasteiger partial charge in [0.15, 0.2) is 0 Å². The number of nitrogens with one attached hydrogen (secondary N) is 1. The molecule has 2 aromatic rings. The minimum atomic E-state index is -0.548. The van der Waals surface area contributed by atoms with Crippen molar-refractivity contribution in [3.8, 4) is 0 Å². The van der Waals surface area contributed by atoms with Gasteiger partial charge in [-0.15, -0.1) is 0 Å². The number of hydrogen-bond acceptors (Lipinski definition) is 3. The van der Waals surface area contributed by atoms with Crippen LogP contribution in [-0.4, -0.2) is 39.8 Å². The monoisotopic (exact) mass is 319 g/mol. The van der Waals surface area contributed by atoms with E-state index in [1.165, 1.54) is 0 Å². The summed E-state index contributed by atoms with van der Waals surface area (Å²) in [7, 11) is 0. The highest BCUT2D eigenvalue weighted by molar-refractivity contribution is 6.31. The zero-order valence-electron chi connectivity index (χ0n) is 12.8. The van der Waals surface area contributed by atoms with Crippen molar-refractivity contribution in [3.05, 3.63) is 52.3 Å². The average Bonchev–Trinajstić information content (AvgIpc) is 2.94. The fourth-order valence-electron chi connectivity index (χ4n) is 3.20. The summed E-state index contributed by atoms with van der Waals surface area (Å²) in [6.07, 6.45) is 1.74. The van der Waals surface area contributed by atoms with E-state index in [4.69, 9.17) is 11.6 Å². The number of benzene rings is 1. The molecular formula is C17H22ClN3O. The molecule has 1 aromatic heterocycles. The Morgan fingerprint density at radius 2 is 2.27 bits per heavy atom. The highest BCUT2D eigenvalue weighted by Crippen LogP contribution is 2.28. The van der Waals surface area contributed by atoms with E-state index in [1.54, 1.807) is 0 Å². The lowest BCUT2D eigenvalue weighted by molar-refractivity contribution is 0.0951. The summed E-state index contributed by atoms with van der Waals surface area (Å²) in [5.41, 5.74) is 3.04. The predicted octanol–water partition coefficient (Wildman–Crippen LogP) is 3.28. The van der Waals surface area contributed by atoms with Crippen LogP contribution in [0.25, 0.3) is 0 Å². The number of halogens is 1.